The van der Waals surface area contributed by atoms with Crippen molar-refractivity contribution in [3.63, 3.8) is 0 Å². The highest BCUT2D eigenvalue weighted by Gasteiger charge is 2.29. The number of hydrogen-bond acceptors (Lipinski definition) is 5. The Balaban J connectivity index is 1.78. The standard InChI is InChI=1S/C19H19N5O/c1-10-13(3-2-4-15(10)20)16-7-12-8-17(24-19(25)11-5-6-11)22-9-14(12)18(21)23-16/h2-4,7-9,11H,5-6,20H2,1H3,(H2,21,23)(H,22,24,25). The zero-order chi connectivity index (χ0) is 17.6. The van der Waals surface area contributed by atoms with E-state index in [1.54, 1.807) is 6.20 Å². The third-order valence-electron chi connectivity index (χ3n) is 4.60. The molecule has 1 saturated carbocycles. The number of nitrogens with one attached hydrogen (secondary N) is 1. The van der Waals surface area contributed by atoms with Crippen LogP contribution in [0.5, 0.6) is 0 Å². The highest BCUT2D eigenvalue weighted by Crippen LogP contribution is 2.32. The van der Waals surface area contributed by atoms with E-state index in [0.29, 0.717) is 17.3 Å². The summed E-state index contributed by atoms with van der Waals surface area (Å²) < 4.78 is 0. The largest absolute Gasteiger partial charge is 0.398 e. The molecule has 0 aliphatic heterocycles. The van der Waals surface area contributed by atoms with Crippen LogP contribution in [0.2, 0.25) is 0 Å². The minimum atomic E-state index is 0.0285. The zero-order valence-electron chi connectivity index (χ0n) is 13.9. The van der Waals surface area contributed by atoms with E-state index >= 15 is 0 Å². The number of hydrogen-bond donors (Lipinski definition) is 3. The minimum absolute atomic E-state index is 0.0285. The maximum Gasteiger partial charge on any atom is 0.228 e. The van der Waals surface area contributed by atoms with Gasteiger partial charge in [-0.05, 0) is 48.9 Å². The van der Waals surface area contributed by atoms with Gasteiger partial charge in [0.1, 0.15) is 11.6 Å². The molecule has 3 aromatic rings. The second-order valence-corrected chi connectivity index (χ2v) is 6.47. The van der Waals surface area contributed by atoms with Crippen molar-refractivity contribution >= 4 is 34.0 Å². The van der Waals surface area contributed by atoms with Crippen molar-refractivity contribution in [3.05, 3.63) is 42.1 Å². The molecule has 0 atom stereocenters. The Kier molecular flexibility index (Phi) is 3.53. The van der Waals surface area contributed by atoms with E-state index in [2.05, 4.69) is 15.3 Å². The van der Waals surface area contributed by atoms with Crippen molar-refractivity contribution in [3.8, 4) is 11.3 Å². The van der Waals surface area contributed by atoms with E-state index in [-0.39, 0.29) is 11.8 Å². The number of fused-ring (bicyclic) bond motifs is 1. The van der Waals surface area contributed by atoms with Gasteiger partial charge < -0.3 is 16.8 Å². The Labute approximate surface area is 145 Å². The molecule has 6 heteroatoms. The highest BCUT2D eigenvalue weighted by atomic mass is 16.2. The molecule has 1 amide bonds. The van der Waals surface area contributed by atoms with Gasteiger partial charge in [-0.3, -0.25) is 4.79 Å². The molecule has 6 nitrogen and oxygen atoms in total. The lowest BCUT2D eigenvalue weighted by atomic mass is 10.0. The molecule has 0 spiro atoms. The molecule has 1 aromatic carbocycles. The maximum atomic E-state index is 11.9. The minimum Gasteiger partial charge on any atom is -0.398 e. The van der Waals surface area contributed by atoms with Gasteiger partial charge in [0.15, 0.2) is 0 Å². The van der Waals surface area contributed by atoms with Crippen molar-refractivity contribution in [1.82, 2.24) is 9.97 Å². The fourth-order valence-electron chi connectivity index (χ4n) is 2.89. The van der Waals surface area contributed by atoms with E-state index < -0.39 is 0 Å². The Morgan fingerprint density at radius 1 is 1.24 bits per heavy atom. The van der Waals surface area contributed by atoms with E-state index in [4.69, 9.17) is 11.5 Å². The molecular formula is C19H19N5O. The number of benzene rings is 1. The van der Waals surface area contributed by atoms with Crippen LogP contribution in [-0.2, 0) is 4.79 Å². The van der Waals surface area contributed by atoms with Crippen LogP contribution in [0.4, 0.5) is 17.3 Å². The molecule has 126 valence electrons. The van der Waals surface area contributed by atoms with Crippen molar-refractivity contribution in [2.45, 2.75) is 19.8 Å². The summed E-state index contributed by atoms with van der Waals surface area (Å²) in [6.45, 7) is 1.96. The molecule has 1 aliphatic rings. The molecule has 1 fully saturated rings. The van der Waals surface area contributed by atoms with Crippen molar-refractivity contribution in [2.75, 3.05) is 16.8 Å². The topological polar surface area (TPSA) is 107 Å². The summed E-state index contributed by atoms with van der Waals surface area (Å²) in [6.07, 6.45) is 3.56. The van der Waals surface area contributed by atoms with Crippen LogP contribution >= 0.6 is 0 Å². The smallest absolute Gasteiger partial charge is 0.228 e. The first-order chi connectivity index (χ1) is 12.0. The number of nitrogens with two attached hydrogens (primary N) is 2. The van der Waals surface area contributed by atoms with Crippen molar-refractivity contribution in [1.29, 1.82) is 0 Å². The number of rotatable bonds is 3. The number of carbonyl (C=O) groups excluding carboxylic acids is 1. The van der Waals surface area contributed by atoms with E-state index in [1.807, 2.05) is 37.3 Å². The lowest BCUT2D eigenvalue weighted by molar-refractivity contribution is -0.117. The van der Waals surface area contributed by atoms with Gasteiger partial charge in [-0.1, -0.05) is 12.1 Å². The Hall–Kier alpha value is -3.15. The average Bonchev–Trinajstić information content (AvgIpc) is 3.42. The van der Waals surface area contributed by atoms with Crippen LogP contribution < -0.4 is 16.8 Å². The number of nitrogen functional groups attached to an aromatic ring is 2. The molecule has 4 rings (SSSR count). The lowest BCUT2D eigenvalue weighted by Gasteiger charge is -2.11. The van der Waals surface area contributed by atoms with Crippen molar-refractivity contribution in [2.24, 2.45) is 5.92 Å². The van der Waals surface area contributed by atoms with Gasteiger partial charge in [-0.2, -0.15) is 0 Å². The van der Waals surface area contributed by atoms with Gasteiger partial charge in [0.05, 0.1) is 5.69 Å². The highest BCUT2D eigenvalue weighted by molar-refractivity contribution is 5.98. The number of aromatic nitrogens is 2. The van der Waals surface area contributed by atoms with Crippen molar-refractivity contribution < 1.29 is 4.79 Å². The number of pyridine rings is 2. The van der Waals surface area contributed by atoms with Gasteiger partial charge in [-0.25, -0.2) is 9.97 Å². The molecule has 25 heavy (non-hydrogen) atoms. The number of carbonyl (C=O) groups is 1. The third kappa shape index (κ3) is 2.87. The maximum absolute atomic E-state index is 11.9. The van der Waals surface area contributed by atoms with Crippen LogP contribution in [0.15, 0.2) is 36.5 Å². The first-order valence-corrected chi connectivity index (χ1v) is 8.25. The molecule has 2 aromatic heterocycles. The molecular weight excluding hydrogens is 314 g/mol. The van der Waals surface area contributed by atoms with Crippen LogP contribution in [0.1, 0.15) is 18.4 Å². The van der Waals surface area contributed by atoms with E-state index in [0.717, 1.165) is 40.4 Å². The Morgan fingerprint density at radius 2 is 2.04 bits per heavy atom. The number of nitrogens with zero attached hydrogens (tertiary/aromatic N) is 2. The quantitative estimate of drug-likeness (QED) is 0.638. The second-order valence-electron chi connectivity index (χ2n) is 6.47. The Morgan fingerprint density at radius 3 is 2.80 bits per heavy atom. The molecule has 5 N–H and O–H groups in total. The summed E-state index contributed by atoms with van der Waals surface area (Å²) in [5.74, 6) is 1.10. The molecule has 0 bridgehead atoms. The van der Waals surface area contributed by atoms with Gasteiger partial charge in [0, 0.05) is 28.8 Å². The average molecular weight is 333 g/mol. The molecule has 0 saturated heterocycles. The summed E-state index contributed by atoms with van der Waals surface area (Å²) in [5.41, 5.74) is 15.5. The fraction of sp³-hybridized carbons (Fsp3) is 0.211. The van der Waals surface area contributed by atoms with Gasteiger partial charge in [0.2, 0.25) is 5.91 Å². The van der Waals surface area contributed by atoms with Gasteiger partial charge >= 0.3 is 0 Å². The first kappa shape index (κ1) is 15.4. The normalized spacial score (nSPS) is 13.8. The summed E-state index contributed by atoms with van der Waals surface area (Å²) in [5, 5.41) is 4.50. The number of amides is 1. The lowest BCUT2D eigenvalue weighted by Crippen LogP contribution is -2.14. The SMILES string of the molecule is Cc1c(N)cccc1-c1cc2cc(NC(=O)C3CC3)ncc2c(N)n1. The first-order valence-electron chi connectivity index (χ1n) is 8.25. The predicted octanol–water partition coefficient (Wildman–Crippen LogP) is 3.12. The monoisotopic (exact) mass is 333 g/mol. The fourth-order valence-corrected chi connectivity index (χ4v) is 2.89. The summed E-state index contributed by atoms with van der Waals surface area (Å²) >= 11 is 0. The van der Waals surface area contributed by atoms with Crippen LogP contribution in [0.3, 0.4) is 0 Å². The van der Waals surface area contributed by atoms with E-state index in [9.17, 15) is 4.79 Å². The molecule has 2 heterocycles. The molecule has 1 aliphatic carbocycles. The third-order valence-corrected chi connectivity index (χ3v) is 4.60. The predicted molar refractivity (Wildman–Crippen MR) is 99.9 cm³/mol. The van der Waals surface area contributed by atoms with Gasteiger partial charge in [-0.15, -0.1) is 0 Å². The summed E-state index contributed by atoms with van der Waals surface area (Å²) in [6, 6.07) is 9.50. The summed E-state index contributed by atoms with van der Waals surface area (Å²) in [7, 11) is 0. The molecule has 0 radical (unpaired) electrons. The van der Waals surface area contributed by atoms with Crippen LogP contribution in [-0.4, -0.2) is 15.9 Å². The van der Waals surface area contributed by atoms with E-state index in [1.165, 1.54) is 0 Å². The Bertz CT molecular complexity index is 995. The second kappa shape index (κ2) is 5.73. The zero-order valence-corrected chi connectivity index (χ0v) is 13.9. The number of anilines is 3. The van der Waals surface area contributed by atoms with Crippen LogP contribution in [0, 0.1) is 12.8 Å². The van der Waals surface area contributed by atoms with Crippen LogP contribution in [0.25, 0.3) is 22.0 Å². The molecule has 0 unspecified atom stereocenters. The summed E-state index contributed by atoms with van der Waals surface area (Å²) in [4.78, 5) is 20.7. The van der Waals surface area contributed by atoms with Gasteiger partial charge in [0.25, 0.3) is 0 Å².